The minimum absolute atomic E-state index is 0.0547. The lowest BCUT2D eigenvalue weighted by Gasteiger charge is -2.11. The highest BCUT2D eigenvalue weighted by Gasteiger charge is 2.08. The second-order valence-electron chi connectivity index (χ2n) is 5.15. The van der Waals surface area contributed by atoms with Crippen LogP contribution < -0.4 is 5.32 Å². The van der Waals surface area contributed by atoms with Gasteiger partial charge in [-0.25, -0.2) is 14.1 Å². The summed E-state index contributed by atoms with van der Waals surface area (Å²) in [6, 6.07) is 4.61. The number of halogens is 2. The summed E-state index contributed by atoms with van der Waals surface area (Å²) in [7, 11) is 0. The predicted octanol–water partition coefficient (Wildman–Crippen LogP) is 1.83. The maximum absolute atomic E-state index is 13.2. The van der Waals surface area contributed by atoms with E-state index in [1.807, 2.05) is 6.92 Å². The van der Waals surface area contributed by atoms with Crippen molar-refractivity contribution in [1.82, 2.24) is 35.1 Å². The number of benzene rings is 1. The van der Waals surface area contributed by atoms with Gasteiger partial charge in [0.05, 0.1) is 29.1 Å². The van der Waals surface area contributed by atoms with Crippen molar-refractivity contribution < 1.29 is 4.39 Å². The van der Waals surface area contributed by atoms with Crippen LogP contribution in [0.5, 0.6) is 0 Å². The van der Waals surface area contributed by atoms with Crippen molar-refractivity contribution in [2.24, 2.45) is 0 Å². The smallest absolute Gasteiger partial charge is 0.141 e. The largest absolute Gasteiger partial charge is 0.307 e. The zero-order valence-corrected chi connectivity index (χ0v) is 13.2. The molecule has 0 unspecified atom stereocenters. The van der Waals surface area contributed by atoms with Gasteiger partial charge in [0.25, 0.3) is 0 Å². The van der Waals surface area contributed by atoms with Crippen molar-refractivity contribution in [3.8, 4) is 5.69 Å². The first kappa shape index (κ1) is 15.6. The molecule has 0 radical (unpaired) electrons. The zero-order valence-electron chi connectivity index (χ0n) is 12.4. The Morgan fingerprint density at radius 1 is 1.39 bits per heavy atom. The minimum Gasteiger partial charge on any atom is -0.307 e. The van der Waals surface area contributed by atoms with Crippen molar-refractivity contribution in [2.45, 2.75) is 26.1 Å². The predicted molar refractivity (Wildman–Crippen MR) is 82.7 cm³/mol. The molecule has 0 saturated carbocycles. The van der Waals surface area contributed by atoms with Crippen LogP contribution in [0.2, 0.25) is 5.02 Å². The maximum Gasteiger partial charge on any atom is 0.141 e. The standard InChI is InChI=1S/C14H15ClFN7/c1-10(6-22-9-17-8-19-22)18-5-11-7-23(21-20-11)12-2-3-14(16)13(15)4-12/h2-4,7-10,18H,5-6H2,1H3/t10-/m0/s1. The Morgan fingerprint density at radius 2 is 2.26 bits per heavy atom. The average molecular weight is 336 g/mol. The van der Waals surface area contributed by atoms with Gasteiger partial charge in [0.15, 0.2) is 0 Å². The molecule has 2 aromatic heterocycles. The van der Waals surface area contributed by atoms with E-state index in [1.165, 1.54) is 18.5 Å². The third-order valence-electron chi connectivity index (χ3n) is 3.27. The normalized spacial score (nSPS) is 12.5. The van der Waals surface area contributed by atoms with Gasteiger partial charge in [-0.05, 0) is 25.1 Å². The molecule has 0 amide bonds. The molecule has 23 heavy (non-hydrogen) atoms. The number of hydrogen-bond acceptors (Lipinski definition) is 5. The summed E-state index contributed by atoms with van der Waals surface area (Å²) in [5.74, 6) is -0.459. The SMILES string of the molecule is C[C@@H](Cn1cncn1)NCc1cn(-c2ccc(F)c(Cl)c2)nn1. The van der Waals surface area contributed by atoms with E-state index >= 15 is 0 Å². The van der Waals surface area contributed by atoms with Gasteiger partial charge in [-0.2, -0.15) is 5.10 Å². The zero-order chi connectivity index (χ0) is 16.2. The molecule has 1 N–H and O–H groups in total. The fraction of sp³-hybridized carbons (Fsp3) is 0.286. The van der Waals surface area contributed by atoms with Crippen LogP contribution in [0.3, 0.4) is 0 Å². The van der Waals surface area contributed by atoms with Crippen LogP contribution in [-0.2, 0) is 13.1 Å². The number of rotatable bonds is 6. The lowest BCUT2D eigenvalue weighted by atomic mass is 10.3. The lowest BCUT2D eigenvalue weighted by molar-refractivity contribution is 0.447. The Labute approximate surface area is 137 Å². The van der Waals surface area contributed by atoms with Gasteiger partial charge >= 0.3 is 0 Å². The molecule has 0 aliphatic heterocycles. The van der Waals surface area contributed by atoms with Crippen molar-refractivity contribution >= 4 is 11.6 Å². The number of hydrogen-bond donors (Lipinski definition) is 1. The summed E-state index contributed by atoms with van der Waals surface area (Å²) >= 11 is 5.78. The van der Waals surface area contributed by atoms with Crippen molar-refractivity contribution in [3.05, 3.63) is 53.6 Å². The Hall–Kier alpha value is -2.32. The van der Waals surface area contributed by atoms with Crippen LogP contribution in [-0.4, -0.2) is 35.8 Å². The van der Waals surface area contributed by atoms with Crippen molar-refractivity contribution in [1.29, 1.82) is 0 Å². The van der Waals surface area contributed by atoms with E-state index in [0.29, 0.717) is 18.8 Å². The summed E-state index contributed by atoms with van der Waals surface area (Å²) in [6.07, 6.45) is 4.96. The van der Waals surface area contributed by atoms with Crippen LogP contribution in [0.1, 0.15) is 12.6 Å². The van der Waals surface area contributed by atoms with Gasteiger partial charge < -0.3 is 5.32 Å². The van der Waals surface area contributed by atoms with Crippen LogP contribution in [0.4, 0.5) is 4.39 Å². The summed E-state index contributed by atoms with van der Waals surface area (Å²) in [4.78, 5) is 3.90. The number of nitrogens with zero attached hydrogens (tertiary/aromatic N) is 6. The molecule has 1 atom stereocenters. The second kappa shape index (κ2) is 6.84. The Balaban J connectivity index is 1.59. The molecular formula is C14H15ClFN7. The van der Waals surface area contributed by atoms with Crippen LogP contribution in [0, 0.1) is 5.82 Å². The van der Waals surface area contributed by atoms with Gasteiger partial charge in [0.2, 0.25) is 0 Å². The molecule has 1 aromatic carbocycles. The Kier molecular flexibility index (Phi) is 4.63. The molecule has 3 rings (SSSR count). The van der Waals surface area contributed by atoms with Crippen molar-refractivity contribution in [2.75, 3.05) is 0 Å². The first-order valence-corrected chi connectivity index (χ1v) is 7.42. The Bertz CT molecular complexity index is 771. The second-order valence-corrected chi connectivity index (χ2v) is 5.56. The monoisotopic (exact) mass is 335 g/mol. The summed E-state index contributed by atoms with van der Waals surface area (Å²) < 4.78 is 16.5. The average Bonchev–Trinajstić information content (AvgIpc) is 3.19. The Morgan fingerprint density at radius 3 is 3.00 bits per heavy atom. The third kappa shape index (κ3) is 3.91. The fourth-order valence-corrected chi connectivity index (χ4v) is 2.26. The molecular weight excluding hydrogens is 321 g/mol. The van der Waals surface area contributed by atoms with Gasteiger partial charge in [-0.3, -0.25) is 4.68 Å². The highest BCUT2D eigenvalue weighted by atomic mass is 35.5. The first-order chi connectivity index (χ1) is 11.1. The van der Waals surface area contributed by atoms with E-state index in [-0.39, 0.29) is 11.1 Å². The van der Waals surface area contributed by atoms with Gasteiger partial charge in [-0.15, -0.1) is 5.10 Å². The van der Waals surface area contributed by atoms with Gasteiger partial charge in [0, 0.05) is 12.6 Å². The lowest BCUT2D eigenvalue weighted by Crippen LogP contribution is -2.30. The van der Waals surface area contributed by atoms with Crippen LogP contribution in [0.15, 0.2) is 37.1 Å². The topological polar surface area (TPSA) is 73.5 Å². The maximum atomic E-state index is 13.2. The molecule has 9 heteroatoms. The van der Waals surface area contributed by atoms with E-state index in [0.717, 1.165) is 5.69 Å². The molecule has 0 aliphatic rings. The van der Waals surface area contributed by atoms with E-state index < -0.39 is 5.82 Å². The summed E-state index contributed by atoms with van der Waals surface area (Å²) in [6.45, 7) is 3.32. The van der Waals surface area contributed by atoms with E-state index in [9.17, 15) is 4.39 Å². The molecule has 0 bridgehead atoms. The van der Waals surface area contributed by atoms with Crippen LogP contribution >= 0.6 is 11.6 Å². The third-order valence-corrected chi connectivity index (χ3v) is 3.56. The molecule has 120 valence electrons. The molecule has 3 aromatic rings. The quantitative estimate of drug-likeness (QED) is 0.744. The molecule has 2 heterocycles. The first-order valence-electron chi connectivity index (χ1n) is 7.04. The molecule has 7 nitrogen and oxygen atoms in total. The summed E-state index contributed by atoms with van der Waals surface area (Å²) in [5, 5.41) is 15.6. The molecule has 0 fully saturated rings. The van der Waals surface area contributed by atoms with Gasteiger partial charge in [-0.1, -0.05) is 16.8 Å². The molecule has 0 spiro atoms. The number of aromatic nitrogens is 6. The molecule has 0 saturated heterocycles. The minimum atomic E-state index is -0.459. The summed E-state index contributed by atoms with van der Waals surface area (Å²) in [5.41, 5.74) is 1.43. The highest BCUT2D eigenvalue weighted by molar-refractivity contribution is 6.30. The number of nitrogens with one attached hydrogen (secondary N) is 1. The van der Waals surface area contributed by atoms with Gasteiger partial charge in [0.1, 0.15) is 18.5 Å². The van der Waals surface area contributed by atoms with E-state index in [1.54, 1.807) is 28.0 Å². The van der Waals surface area contributed by atoms with E-state index in [2.05, 4.69) is 25.7 Å². The fourth-order valence-electron chi connectivity index (χ4n) is 2.08. The van der Waals surface area contributed by atoms with Crippen molar-refractivity contribution in [3.63, 3.8) is 0 Å². The van der Waals surface area contributed by atoms with E-state index in [4.69, 9.17) is 11.6 Å². The van der Waals surface area contributed by atoms with Crippen LogP contribution in [0.25, 0.3) is 5.69 Å². The molecule has 0 aliphatic carbocycles. The highest BCUT2D eigenvalue weighted by Crippen LogP contribution is 2.18.